The Morgan fingerprint density at radius 1 is 1.37 bits per heavy atom. The number of nitrogens with zero attached hydrogens (tertiary/aromatic N) is 1. The molecule has 0 aliphatic heterocycles. The van der Waals surface area contributed by atoms with Gasteiger partial charge in [-0.15, -0.1) is 0 Å². The number of benzene rings is 1. The molecule has 1 rings (SSSR count). The molecule has 1 N–H and O–H groups in total. The standard InChI is InChI=1S/C13H16N2O3S/c1-19(17,18)12-7-5-6-11(10-12)13(16)15-9-4-2-3-8-14/h5-7,10H,2-4,9H2,1H3,(H,15,16). The zero-order valence-corrected chi connectivity index (χ0v) is 11.5. The molecular weight excluding hydrogens is 264 g/mol. The molecule has 19 heavy (non-hydrogen) atoms. The highest BCUT2D eigenvalue weighted by atomic mass is 32.2. The highest BCUT2D eigenvalue weighted by molar-refractivity contribution is 7.90. The van der Waals surface area contributed by atoms with E-state index in [-0.39, 0.29) is 10.8 Å². The molecule has 0 spiro atoms. The van der Waals surface area contributed by atoms with Crippen molar-refractivity contribution >= 4 is 15.7 Å². The van der Waals surface area contributed by atoms with Gasteiger partial charge in [0.15, 0.2) is 9.84 Å². The maximum Gasteiger partial charge on any atom is 0.251 e. The first-order valence-electron chi connectivity index (χ1n) is 5.90. The molecule has 6 heteroatoms. The Bertz CT molecular complexity index is 588. The van der Waals surface area contributed by atoms with Crippen LogP contribution in [0.5, 0.6) is 0 Å². The van der Waals surface area contributed by atoms with Crippen molar-refractivity contribution in [3.63, 3.8) is 0 Å². The van der Waals surface area contributed by atoms with E-state index in [9.17, 15) is 13.2 Å². The Labute approximate surface area is 113 Å². The Morgan fingerprint density at radius 2 is 2.11 bits per heavy atom. The molecule has 0 heterocycles. The van der Waals surface area contributed by atoms with Crippen LogP contribution in [-0.4, -0.2) is 27.1 Å². The lowest BCUT2D eigenvalue weighted by molar-refractivity contribution is 0.0953. The average molecular weight is 280 g/mol. The predicted molar refractivity (Wildman–Crippen MR) is 71.3 cm³/mol. The molecule has 0 atom stereocenters. The van der Waals surface area contributed by atoms with Gasteiger partial charge in [-0.2, -0.15) is 5.26 Å². The van der Waals surface area contributed by atoms with Gasteiger partial charge in [0.05, 0.1) is 11.0 Å². The number of sulfone groups is 1. The Morgan fingerprint density at radius 3 is 2.74 bits per heavy atom. The summed E-state index contributed by atoms with van der Waals surface area (Å²) in [7, 11) is -3.31. The van der Waals surface area contributed by atoms with E-state index in [1.807, 2.05) is 6.07 Å². The van der Waals surface area contributed by atoms with Crippen LogP contribution >= 0.6 is 0 Å². The topological polar surface area (TPSA) is 87.0 Å². The fourth-order valence-electron chi connectivity index (χ4n) is 1.50. The maximum atomic E-state index is 11.8. The van der Waals surface area contributed by atoms with Crippen molar-refractivity contribution in [2.24, 2.45) is 0 Å². The molecule has 0 saturated carbocycles. The van der Waals surface area contributed by atoms with Gasteiger partial charge in [-0.1, -0.05) is 6.07 Å². The first-order valence-corrected chi connectivity index (χ1v) is 7.79. The third-order valence-electron chi connectivity index (χ3n) is 2.53. The predicted octanol–water partition coefficient (Wildman–Crippen LogP) is 1.51. The first-order chi connectivity index (χ1) is 8.95. The number of hydrogen-bond acceptors (Lipinski definition) is 4. The minimum Gasteiger partial charge on any atom is -0.352 e. The minimum absolute atomic E-state index is 0.129. The zero-order chi connectivity index (χ0) is 14.3. The van der Waals surface area contributed by atoms with E-state index in [1.165, 1.54) is 12.1 Å². The molecule has 1 amide bonds. The summed E-state index contributed by atoms with van der Waals surface area (Å²) in [5.74, 6) is -0.303. The SMILES string of the molecule is CS(=O)(=O)c1cccc(C(=O)NCCCCC#N)c1. The first kappa shape index (κ1) is 15.2. The molecule has 102 valence electrons. The number of amides is 1. The summed E-state index contributed by atoms with van der Waals surface area (Å²) in [6, 6.07) is 7.96. The summed E-state index contributed by atoms with van der Waals surface area (Å²) in [4.78, 5) is 11.9. The molecule has 0 aliphatic rings. The number of unbranched alkanes of at least 4 members (excludes halogenated alkanes) is 2. The second kappa shape index (κ2) is 6.90. The number of rotatable bonds is 6. The summed E-state index contributed by atoms with van der Waals surface area (Å²) in [6.45, 7) is 0.476. The lowest BCUT2D eigenvalue weighted by atomic mass is 10.2. The van der Waals surface area contributed by atoms with Gasteiger partial charge >= 0.3 is 0 Å². The van der Waals surface area contributed by atoms with Crippen LogP contribution in [0.15, 0.2) is 29.2 Å². The maximum absolute atomic E-state index is 11.8. The van der Waals surface area contributed by atoms with Crippen molar-refractivity contribution in [3.05, 3.63) is 29.8 Å². The van der Waals surface area contributed by atoms with Crippen molar-refractivity contribution in [1.29, 1.82) is 5.26 Å². The number of hydrogen-bond donors (Lipinski definition) is 1. The van der Waals surface area contributed by atoms with E-state index in [4.69, 9.17) is 5.26 Å². The van der Waals surface area contributed by atoms with Crippen molar-refractivity contribution in [2.75, 3.05) is 12.8 Å². The quantitative estimate of drug-likeness (QED) is 0.800. The molecule has 5 nitrogen and oxygen atoms in total. The van der Waals surface area contributed by atoms with E-state index in [0.717, 1.165) is 19.1 Å². The third-order valence-corrected chi connectivity index (χ3v) is 3.64. The van der Waals surface area contributed by atoms with Crippen LogP contribution in [0.2, 0.25) is 0 Å². The van der Waals surface area contributed by atoms with Gasteiger partial charge in [0.25, 0.3) is 5.91 Å². The van der Waals surface area contributed by atoms with Gasteiger partial charge in [0.2, 0.25) is 0 Å². The number of nitrogens with one attached hydrogen (secondary N) is 1. The molecule has 1 aromatic rings. The molecule has 0 aromatic heterocycles. The highest BCUT2D eigenvalue weighted by Crippen LogP contribution is 2.11. The summed E-state index contributed by atoms with van der Waals surface area (Å²) in [6.07, 6.45) is 3.04. The fourth-order valence-corrected chi connectivity index (χ4v) is 2.17. The fraction of sp³-hybridized carbons (Fsp3) is 0.385. The molecule has 1 aromatic carbocycles. The normalized spacial score (nSPS) is 10.7. The smallest absolute Gasteiger partial charge is 0.251 e. The van der Waals surface area contributed by atoms with E-state index in [1.54, 1.807) is 12.1 Å². The molecule has 0 aliphatic carbocycles. The van der Waals surface area contributed by atoms with Crippen molar-refractivity contribution in [3.8, 4) is 6.07 Å². The second-order valence-electron chi connectivity index (χ2n) is 4.17. The lowest BCUT2D eigenvalue weighted by Gasteiger charge is -2.05. The van der Waals surface area contributed by atoms with Crippen LogP contribution in [-0.2, 0) is 9.84 Å². The largest absolute Gasteiger partial charge is 0.352 e. The van der Waals surface area contributed by atoms with Crippen molar-refractivity contribution in [1.82, 2.24) is 5.32 Å². The number of carbonyl (C=O) groups is 1. The van der Waals surface area contributed by atoms with Gasteiger partial charge in [0.1, 0.15) is 0 Å². The molecule has 0 radical (unpaired) electrons. The molecule has 0 bridgehead atoms. The summed E-state index contributed by atoms with van der Waals surface area (Å²) >= 11 is 0. The molecule has 0 unspecified atom stereocenters. The molecule has 0 fully saturated rings. The highest BCUT2D eigenvalue weighted by Gasteiger charge is 2.11. The Balaban J connectivity index is 2.61. The van der Waals surface area contributed by atoms with Crippen LogP contribution < -0.4 is 5.32 Å². The molecule has 0 saturated heterocycles. The Hall–Kier alpha value is -1.87. The van der Waals surface area contributed by atoms with Gasteiger partial charge in [0, 0.05) is 24.8 Å². The van der Waals surface area contributed by atoms with Crippen LogP contribution in [0.4, 0.5) is 0 Å². The molecular formula is C13H16N2O3S. The van der Waals surface area contributed by atoms with Crippen LogP contribution in [0.3, 0.4) is 0 Å². The van der Waals surface area contributed by atoms with Gasteiger partial charge in [-0.05, 0) is 31.0 Å². The van der Waals surface area contributed by atoms with E-state index in [2.05, 4.69) is 5.32 Å². The summed E-state index contributed by atoms with van der Waals surface area (Å²) in [5, 5.41) is 11.1. The van der Waals surface area contributed by atoms with Crippen molar-refractivity contribution < 1.29 is 13.2 Å². The van der Waals surface area contributed by atoms with Crippen LogP contribution in [0.25, 0.3) is 0 Å². The lowest BCUT2D eigenvalue weighted by Crippen LogP contribution is -2.24. The van der Waals surface area contributed by atoms with E-state index >= 15 is 0 Å². The Kier molecular flexibility index (Phi) is 5.52. The monoisotopic (exact) mass is 280 g/mol. The van der Waals surface area contributed by atoms with Crippen LogP contribution in [0.1, 0.15) is 29.6 Å². The van der Waals surface area contributed by atoms with E-state index < -0.39 is 9.84 Å². The summed E-state index contributed by atoms with van der Waals surface area (Å²) < 4.78 is 22.8. The second-order valence-corrected chi connectivity index (χ2v) is 6.19. The van der Waals surface area contributed by atoms with Gasteiger partial charge in [-0.25, -0.2) is 8.42 Å². The average Bonchev–Trinajstić information content (AvgIpc) is 2.37. The number of nitriles is 1. The van der Waals surface area contributed by atoms with Crippen LogP contribution in [0, 0.1) is 11.3 Å². The zero-order valence-electron chi connectivity index (χ0n) is 10.7. The minimum atomic E-state index is -3.31. The third kappa shape index (κ3) is 5.10. The van der Waals surface area contributed by atoms with Gasteiger partial charge in [-0.3, -0.25) is 4.79 Å². The van der Waals surface area contributed by atoms with Crippen molar-refractivity contribution in [2.45, 2.75) is 24.2 Å². The van der Waals surface area contributed by atoms with E-state index in [0.29, 0.717) is 18.5 Å². The van der Waals surface area contributed by atoms with Gasteiger partial charge < -0.3 is 5.32 Å². The number of carbonyl (C=O) groups excluding carboxylic acids is 1. The summed E-state index contributed by atoms with van der Waals surface area (Å²) in [5.41, 5.74) is 0.322.